The van der Waals surface area contributed by atoms with Crippen LogP contribution < -0.4 is 14.8 Å². The summed E-state index contributed by atoms with van der Waals surface area (Å²) in [5, 5.41) is 48.3. The number of aliphatic carboxylic acids is 1. The zero-order valence-corrected chi connectivity index (χ0v) is 19.3. The number of aromatic nitrogens is 2. The molecule has 12 heteroatoms. The number of hydrogen-bond donors (Lipinski definition) is 5. The Morgan fingerprint density at radius 1 is 1.11 bits per heavy atom. The van der Waals surface area contributed by atoms with Crippen molar-refractivity contribution < 1.29 is 43.8 Å². The number of benzene rings is 2. The van der Waals surface area contributed by atoms with Crippen molar-refractivity contribution >= 4 is 17.5 Å². The van der Waals surface area contributed by atoms with E-state index in [1.54, 1.807) is 18.2 Å². The standard InChI is InChI=1S/C24H24FN3O8/c1-34-15-7-10-6-14-17(13(10)9-16(15)35-2)28(27-22(14)26-12-5-3-4-11(25)8-12)23-20(31)18(29)19(30)21(36-23)24(32)33/h3-5,7-9,18-21,23,29-31H,6H2,1-2H3,(H,26,27)(H,32,33). The zero-order chi connectivity index (χ0) is 25.7. The number of carboxylic acids is 1. The van der Waals surface area contributed by atoms with Gasteiger partial charge in [-0.05, 0) is 35.9 Å². The van der Waals surface area contributed by atoms with Gasteiger partial charge >= 0.3 is 5.97 Å². The Labute approximate surface area is 204 Å². The highest BCUT2D eigenvalue weighted by Gasteiger charge is 2.49. The summed E-state index contributed by atoms with van der Waals surface area (Å²) in [6, 6.07) is 9.28. The Morgan fingerprint density at radius 2 is 1.83 bits per heavy atom. The van der Waals surface area contributed by atoms with Gasteiger partial charge in [0.2, 0.25) is 0 Å². The van der Waals surface area contributed by atoms with Crippen LogP contribution in [0.3, 0.4) is 0 Å². The Balaban J connectivity index is 1.66. The smallest absolute Gasteiger partial charge is 0.335 e. The summed E-state index contributed by atoms with van der Waals surface area (Å²) in [6.45, 7) is 0. The van der Waals surface area contributed by atoms with Gasteiger partial charge in [0.1, 0.15) is 24.1 Å². The molecule has 5 atom stereocenters. The average Bonchev–Trinajstić information content (AvgIpc) is 3.38. The third-order valence-electron chi connectivity index (χ3n) is 6.40. The van der Waals surface area contributed by atoms with Gasteiger partial charge in [-0.15, -0.1) is 0 Å². The number of rotatable bonds is 6. The van der Waals surface area contributed by atoms with Crippen molar-refractivity contribution in [1.29, 1.82) is 0 Å². The molecule has 2 aromatic carbocycles. The fraction of sp³-hybridized carbons (Fsp3) is 0.333. The Hall–Kier alpha value is -3.71. The summed E-state index contributed by atoms with van der Waals surface area (Å²) in [5.74, 6) is -0.721. The lowest BCUT2D eigenvalue weighted by molar-refractivity contribution is -0.248. The summed E-state index contributed by atoms with van der Waals surface area (Å²) in [5.41, 5.74) is 3.04. The molecule has 1 saturated heterocycles. The number of anilines is 2. The number of fused-ring (bicyclic) bond motifs is 3. The Bertz CT molecular complexity index is 1330. The van der Waals surface area contributed by atoms with Gasteiger partial charge in [-0.3, -0.25) is 0 Å². The number of ether oxygens (including phenoxy) is 3. The van der Waals surface area contributed by atoms with Crippen LogP contribution in [0.1, 0.15) is 17.4 Å². The number of aliphatic hydroxyl groups is 3. The van der Waals surface area contributed by atoms with Crippen LogP contribution in [0.5, 0.6) is 11.5 Å². The number of carbonyl (C=O) groups is 1. The molecule has 11 nitrogen and oxygen atoms in total. The molecular weight excluding hydrogens is 477 g/mol. The first kappa shape index (κ1) is 24.0. The molecule has 5 unspecified atom stereocenters. The van der Waals surface area contributed by atoms with Gasteiger partial charge in [0.15, 0.2) is 29.6 Å². The van der Waals surface area contributed by atoms with Crippen molar-refractivity contribution in [3.8, 4) is 22.8 Å². The summed E-state index contributed by atoms with van der Waals surface area (Å²) < 4.78 is 31.5. The highest BCUT2D eigenvalue weighted by Crippen LogP contribution is 2.47. The van der Waals surface area contributed by atoms with Crippen LogP contribution in [0.4, 0.5) is 15.9 Å². The molecule has 3 aromatic rings. The predicted octanol–water partition coefficient (Wildman–Crippen LogP) is 1.42. The quantitative estimate of drug-likeness (QED) is 0.262. The van der Waals surface area contributed by atoms with Gasteiger partial charge in [0, 0.05) is 23.2 Å². The van der Waals surface area contributed by atoms with Crippen LogP contribution in [0.15, 0.2) is 36.4 Å². The highest BCUT2D eigenvalue weighted by atomic mass is 19.1. The monoisotopic (exact) mass is 501 g/mol. The Kier molecular flexibility index (Phi) is 6.04. The van der Waals surface area contributed by atoms with Crippen LogP contribution >= 0.6 is 0 Å². The molecule has 5 N–H and O–H groups in total. The minimum Gasteiger partial charge on any atom is -0.493 e. The largest absolute Gasteiger partial charge is 0.493 e. The van der Waals surface area contributed by atoms with E-state index in [2.05, 4.69) is 10.4 Å². The molecule has 5 rings (SSSR count). The van der Waals surface area contributed by atoms with E-state index >= 15 is 0 Å². The summed E-state index contributed by atoms with van der Waals surface area (Å²) in [7, 11) is 2.99. The minimum atomic E-state index is -1.85. The lowest BCUT2D eigenvalue weighted by Gasteiger charge is -2.39. The van der Waals surface area contributed by atoms with Crippen LogP contribution in [0.2, 0.25) is 0 Å². The molecule has 0 amide bonds. The van der Waals surface area contributed by atoms with E-state index < -0.39 is 42.4 Å². The molecule has 36 heavy (non-hydrogen) atoms. The second kappa shape index (κ2) is 9.06. The zero-order valence-electron chi connectivity index (χ0n) is 19.3. The lowest BCUT2D eigenvalue weighted by Crippen LogP contribution is -2.58. The van der Waals surface area contributed by atoms with Gasteiger partial charge in [0.05, 0.1) is 19.9 Å². The fourth-order valence-corrected chi connectivity index (χ4v) is 4.66. The molecule has 1 aliphatic heterocycles. The van der Waals surface area contributed by atoms with Gasteiger partial charge in [-0.2, -0.15) is 5.10 Å². The van der Waals surface area contributed by atoms with Gasteiger partial charge < -0.3 is 40.0 Å². The SMILES string of the molecule is COc1cc2c(cc1OC)-c1c(c(Nc3cccc(F)c3)nn1C1OC(C(=O)O)C(O)C(O)C1O)C2. The molecule has 0 bridgehead atoms. The molecule has 1 aromatic heterocycles. The first-order valence-corrected chi connectivity index (χ1v) is 11.0. The normalized spacial score (nSPS) is 24.7. The van der Waals surface area contributed by atoms with E-state index in [0.717, 1.165) is 5.56 Å². The third-order valence-corrected chi connectivity index (χ3v) is 6.40. The lowest BCUT2D eigenvalue weighted by atomic mass is 9.98. The number of nitrogens with one attached hydrogen (secondary N) is 1. The van der Waals surface area contributed by atoms with Crippen molar-refractivity contribution in [1.82, 2.24) is 9.78 Å². The van der Waals surface area contributed by atoms with E-state index in [0.29, 0.717) is 46.2 Å². The van der Waals surface area contributed by atoms with Crippen molar-refractivity contribution in [3.05, 3.63) is 53.3 Å². The minimum absolute atomic E-state index is 0.313. The van der Waals surface area contributed by atoms with Gasteiger partial charge in [0.25, 0.3) is 0 Å². The molecule has 2 aliphatic rings. The van der Waals surface area contributed by atoms with Crippen molar-refractivity contribution in [2.75, 3.05) is 19.5 Å². The number of hydrogen-bond acceptors (Lipinski definition) is 9. The highest BCUT2D eigenvalue weighted by molar-refractivity contribution is 5.82. The van der Waals surface area contributed by atoms with Crippen LogP contribution in [0, 0.1) is 5.82 Å². The maximum atomic E-state index is 13.8. The van der Waals surface area contributed by atoms with E-state index in [1.807, 2.05) is 0 Å². The van der Waals surface area contributed by atoms with E-state index in [1.165, 1.54) is 37.1 Å². The molecule has 1 aliphatic carbocycles. The number of halogens is 1. The number of aliphatic hydroxyl groups excluding tert-OH is 3. The number of carboxylic acid groups (broad SMARTS) is 1. The van der Waals surface area contributed by atoms with Gasteiger partial charge in [-0.25, -0.2) is 13.9 Å². The van der Waals surface area contributed by atoms with Crippen LogP contribution in [-0.2, 0) is 16.0 Å². The molecule has 2 heterocycles. The molecule has 190 valence electrons. The second-order valence-electron chi connectivity index (χ2n) is 8.55. The average molecular weight is 501 g/mol. The Morgan fingerprint density at radius 3 is 2.50 bits per heavy atom. The van der Waals surface area contributed by atoms with E-state index in [-0.39, 0.29) is 0 Å². The molecule has 0 radical (unpaired) electrons. The van der Waals surface area contributed by atoms with Crippen molar-refractivity contribution in [3.63, 3.8) is 0 Å². The van der Waals surface area contributed by atoms with E-state index in [9.17, 15) is 29.6 Å². The van der Waals surface area contributed by atoms with Crippen LogP contribution in [-0.4, -0.2) is 74.8 Å². The van der Waals surface area contributed by atoms with Crippen molar-refractivity contribution in [2.45, 2.75) is 37.1 Å². The molecule has 0 saturated carbocycles. The maximum absolute atomic E-state index is 13.8. The topological polar surface area (TPSA) is 156 Å². The second-order valence-corrected chi connectivity index (χ2v) is 8.55. The third kappa shape index (κ3) is 3.84. The van der Waals surface area contributed by atoms with Crippen molar-refractivity contribution in [2.24, 2.45) is 0 Å². The van der Waals surface area contributed by atoms with Gasteiger partial charge in [-0.1, -0.05) is 6.07 Å². The predicted molar refractivity (Wildman–Crippen MR) is 123 cm³/mol. The summed E-state index contributed by atoms with van der Waals surface area (Å²) in [4.78, 5) is 11.7. The molecule has 0 spiro atoms. The van der Waals surface area contributed by atoms with E-state index in [4.69, 9.17) is 14.2 Å². The number of nitrogens with zero attached hydrogens (tertiary/aromatic N) is 2. The first-order chi connectivity index (χ1) is 17.2. The van der Waals surface area contributed by atoms with Crippen LogP contribution in [0.25, 0.3) is 11.3 Å². The maximum Gasteiger partial charge on any atom is 0.335 e. The fourth-order valence-electron chi connectivity index (χ4n) is 4.66. The summed E-state index contributed by atoms with van der Waals surface area (Å²) in [6.07, 6.45) is -8.25. The first-order valence-electron chi connectivity index (χ1n) is 11.0. The summed E-state index contributed by atoms with van der Waals surface area (Å²) >= 11 is 0. The number of methoxy groups -OCH3 is 2. The molecule has 1 fully saturated rings. The molecular formula is C24H24FN3O8.